The van der Waals surface area contributed by atoms with E-state index in [9.17, 15) is 9.59 Å². The molecular weight excluding hydrogens is 302 g/mol. The molecule has 1 fully saturated rings. The van der Waals surface area contributed by atoms with E-state index in [4.69, 9.17) is 0 Å². The van der Waals surface area contributed by atoms with E-state index < -0.39 is 0 Å². The molecule has 1 aromatic heterocycles. The van der Waals surface area contributed by atoms with Crippen LogP contribution in [0.1, 0.15) is 44.1 Å². The van der Waals surface area contributed by atoms with Crippen LogP contribution in [0.5, 0.6) is 0 Å². The zero-order valence-corrected chi connectivity index (χ0v) is 13.9. The molecule has 1 aliphatic carbocycles. The van der Waals surface area contributed by atoms with Crippen molar-refractivity contribution in [2.45, 2.75) is 51.0 Å². The number of carbonyl (C=O) groups excluding carboxylic acids is 2. The van der Waals surface area contributed by atoms with Gasteiger partial charge in [-0.15, -0.1) is 0 Å². The van der Waals surface area contributed by atoms with Crippen molar-refractivity contribution in [1.29, 1.82) is 0 Å². The Balaban J connectivity index is 1.40. The van der Waals surface area contributed by atoms with Gasteiger partial charge in [-0.3, -0.25) is 9.59 Å². The van der Waals surface area contributed by atoms with Gasteiger partial charge in [-0.25, -0.2) is 0 Å². The Bertz CT molecular complexity index is 701. The van der Waals surface area contributed by atoms with Gasteiger partial charge in [-0.2, -0.15) is 0 Å². The lowest BCUT2D eigenvalue weighted by Gasteiger charge is -2.22. The molecular formula is C19H25N3O2. The molecule has 0 bridgehead atoms. The molecule has 1 saturated carbocycles. The third-order valence-corrected chi connectivity index (χ3v) is 4.68. The number of hydrogen-bond donors (Lipinski definition) is 3. The van der Waals surface area contributed by atoms with Crippen LogP contribution in [-0.4, -0.2) is 29.4 Å². The lowest BCUT2D eigenvalue weighted by atomic mass is 9.95. The molecule has 3 rings (SSSR count). The summed E-state index contributed by atoms with van der Waals surface area (Å²) in [6.45, 7) is 0.539. The number of nitrogens with one attached hydrogen (secondary N) is 3. The van der Waals surface area contributed by atoms with Crippen LogP contribution >= 0.6 is 0 Å². The van der Waals surface area contributed by atoms with Crippen LogP contribution in [0.25, 0.3) is 10.9 Å². The van der Waals surface area contributed by atoms with Crippen LogP contribution in [0.4, 0.5) is 0 Å². The fourth-order valence-corrected chi connectivity index (χ4v) is 3.41. The second-order valence-electron chi connectivity index (χ2n) is 6.54. The molecule has 0 radical (unpaired) electrons. The van der Waals surface area contributed by atoms with Crippen molar-refractivity contribution >= 4 is 22.7 Å². The topological polar surface area (TPSA) is 74.0 Å². The largest absolute Gasteiger partial charge is 0.361 e. The predicted octanol–water partition coefficient (Wildman–Crippen LogP) is 2.67. The maximum absolute atomic E-state index is 11.9. The molecule has 0 atom stereocenters. The highest BCUT2D eigenvalue weighted by Gasteiger charge is 2.17. The normalized spacial score (nSPS) is 15.3. The van der Waals surface area contributed by atoms with Crippen molar-refractivity contribution in [2.75, 3.05) is 6.54 Å². The summed E-state index contributed by atoms with van der Waals surface area (Å²) in [5.41, 5.74) is 2.28. The van der Waals surface area contributed by atoms with Gasteiger partial charge in [-0.1, -0.05) is 37.5 Å². The Morgan fingerprint density at radius 1 is 1.08 bits per heavy atom. The van der Waals surface area contributed by atoms with Crippen molar-refractivity contribution in [2.24, 2.45) is 0 Å². The summed E-state index contributed by atoms with van der Waals surface area (Å²) in [5.74, 6) is -0.366. The summed E-state index contributed by atoms with van der Waals surface area (Å²) < 4.78 is 0. The van der Waals surface area contributed by atoms with Crippen LogP contribution in [0, 0.1) is 0 Å². The predicted molar refractivity (Wildman–Crippen MR) is 94.6 cm³/mol. The fraction of sp³-hybridized carbons (Fsp3) is 0.474. The van der Waals surface area contributed by atoms with E-state index >= 15 is 0 Å². The number of hydrogen-bond acceptors (Lipinski definition) is 2. The van der Waals surface area contributed by atoms with E-state index in [1.807, 2.05) is 24.4 Å². The molecule has 2 amide bonds. The number of para-hydroxylation sites is 1. The summed E-state index contributed by atoms with van der Waals surface area (Å²) in [6.07, 6.45) is 8.31. The number of benzene rings is 1. The van der Waals surface area contributed by atoms with Crippen LogP contribution in [-0.2, 0) is 16.0 Å². The van der Waals surface area contributed by atoms with E-state index in [2.05, 4.69) is 21.7 Å². The molecule has 24 heavy (non-hydrogen) atoms. The summed E-state index contributed by atoms with van der Waals surface area (Å²) in [5, 5.41) is 7.00. The molecule has 1 aliphatic rings. The molecule has 5 heteroatoms. The Labute approximate surface area is 142 Å². The van der Waals surface area contributed by atoms with E-state index in [1.54, 1.807) is 0 Å². The Kier molecular flexibility index (Phi) is 5.51. The highest BCUT2D eigenvalue weighted by Crippen LogP contribution is 2.18. The molecule has 5 nitrogen and oxygen atoms in total. The summed E-state index contributed by atoms with van der Waals surface area (Å²) in [7, 11) is 0. The first kappa shape index (κ1) is 16.6. The molecule has 128 valence electrons. The highest BCUT2D eigenvalue weighted by atomic mass is 16.2. The number of fused-ring (bicyclic) bond motifs is 1. The molecule has 1 heterocycles. The smallest absolute Gasteiger partial charge is 0.229 e. The Morgan fingerprint density at radius 3 is 2.71 bits per heavy atom. The van der Waals surface area contributed by atoms with Gasteiger partial charge >= 0.3 is 0 Å². The number of carbonyl (C=O) groups is 2. The first-order chi connectivity index (χ1) is 11.7. The van der Waals surface area contributed by atoms with Gasteiger partial charge in [0.1, 0.15) is 6.42 Å². The van der Waals surface area contributed by atoms with Gasteiger partial charge in [0.25, 0.3) is 0 Å². The van der Waals surface area contributed by atoms with Gasteiger partial charge in [-0.05, 0) is 30.9 Å². The average molecular weight is 327 g/mol. The summed E-state index contributed by atoms with van der Waals surface area (Å²) >= 11 is 0. The number of rotatable bonds is 6. The van der Waals surface area contributed by atoms with E-state index in [0.717, 1.165) is 24.8 Å². The SMILES string of the molecule is O=C(CC(=O)NC1CCCCC1)NCCc1c[nH]c2ccccc12. The van der Waals surface area contributed by atoms with E-state index in [1.165, 1.54) is 30.2 Å². The molecule has 0 spiro atoms. The highest BCUT2D eigenvalue weighted by molar-refractivity contribution is 5.97. The quantitative estimate of drug-likeness (QED) is 0.714. The number of amides is 2. The maximum atomic E-state index is 11.9. The van der Waals surface area contributed by atoms with Crippen molar-refractivity contribution in [3.63, 3.8) is 0 Å². The third-order valence-electron chi connectivity index (χ3n) is 4.68. The number of aromatic nitrogens is 1. The van der Waals surface area contributed by atoms with Gasteiger partial charge in [0.15, 0.2) is 0 Å². The molecule has 2 aromatic rings. The second kappa shape index (κ2) is 7.99. The zero-order chi connectivity index (χ0) is 16.8. The summed E-state index contributed by atoms with van der Waals surface area (Å²) in [6, 6.07) is 8.36. The Hall–Kier alpha value is -2.30. The van der Waals surface area contributed by atoms with Gasteiger partial charge in [0.2, 0.25) is 11.8 Å². The molecule has 0 unspecified atom stereocenters. The third kappa shape index (κ3) is 4.37. The fourth-order valence-electron chi connectivity index (χ4n) is 3.41. The first-order valence-electron chi connectivity index (χ1n) is 8.83. The van der Waals surface area contributed by atoms with Crippen molar-refractivity contribution in [3.05, 3.63) is 36.0 Å². The van der Waals surface area contributed by atoms with Gasteiger partial charge in [0, 0.05) is 29.7 Å². The first-order valence-corrected chi connectivity index (χ1v) is 8.83. The minimum absolute atomic E-state index is 0.0790. The van der Waals surface area contributed by atoms with E-state index in [-0.39, 0.29) is 24.3 Å². The standard InChI is InChI=1S/C19H25N3O2/c23-18(12-19(24)22-15-6-2-1-3-7-15)20-11-10-14-13-21-17-9-5-4-8-16(14)17/h4-5,8-9,13,15,21H,1-3,6-7,10-12H2,(H,20,23)(H,22,24). The molecule has 3 N–H and O–H groups in total. The lowest BCUT2D eigenvalue weighted by molar-refractivity contribution is -0.129. The monoisotopic (exact) mass is 327 g/mol. The summed E-state index contributed by atoms with van der Waals surface area (Å²) in [4.78, 5) is 27.0. The van der Waals surface area contributed by atoms with Crippen LogP contribution in [0.15, 0.2) is 30.5 Å². The second-order valence-corrected chi connectivity index (χ2v) is 6.54. The van der Waals surface area contributed by atoms with Crippen molar-refractivity contribution in [3.8, 4) is 0 Å². The minimum atomic E-state index is -0.205. The molecule has 1 aromatic carbocycles. The molecule has 0 saturated heterocycles. The zero-order valence-electron chi connectivity index (χ0n) is 13.9. The molecule has 0 aliphatic heterocycles. The average Bonchev–Trinajstić information content (AvgIpc) is 2.99. The van der Waals surface area contributed by atoms with Gasteiger partial charge < -0.3 is 15.6 Å². The number of aromatic amines is 1. The minimum Gasteiger partial charge on any atom is -0.361 e. The van der Waals surface area contributed by atoms with Crippen molar-refractivity contribution < 1.29 is 9.59 Å². The van der Waals surface area contributed by atoms with Crippen LogP contribution in [0.3, 0.4) is 0 Å². The van der Waals surface area contributed by atoms with Crippen LogP contribution in [0.2, 0.25) is 0 Å². The maximum Gasteiger partial charge on any atom is 0.229 e. The Morgan fingerprint density at radius 2 is 1.88 bits per heavy atom. The van der Waals surface area contributed by atoms with E-state index in [0.29, 0.717) is 6.54 Å². The van der Waals surface area contributed by atoms with Crippen LogP contribution < -0.4 is 10.6 Å². The lowest BCUT2D eigenvalue weighted by Crippen LogP contribution is -2.39. The number of H-pyrrole nitrogens is 1. The van der Waals surface area contributed by atoms with Crippen molar-refractivity contribution in [1.82, 2.24) is 15.6 Å². The van der Waals surface area contributed by atoms with Gasteiger partial charge in [0.05, 0.1) is 0 Å².